The average molecular weight is 497 g/mol. The number of amides is 1. The van der Waals surface area contributed by atoms with Crippen molar-refractivity contribution in [1.82, 2.24) is 24.8 Å². The molecule has 1 amide bonds. The number of ether oxygens (including phenoxy) is 1. The molecule has 0 aliphatic carbocycles. The number of anilines is 1. The van der Waals surface area contributed by atoms with E-state index >= 15 is 0 Å². The standard InChI is InChI=1S/C28H28N6O3/c35-26-20-7-8-22(31-10-9-19-17-29-11-12-30-19)27-25(20)34(23-5-1-2-6-24(23)37-27)18-21(26)28(36)32-13-16-33-14-3-4-15-33/h1-2,5-8,11-12,17-18,31H,3-4,9-10,13-16H2,(H,32,36). The van der Waals surface area contributed by atoms with Crippen molar-refractivity contribution < 1.29 is 9.53 Å². The Morgan fingerprint density at radius 2 is 1.92 bits per heavy atom. The molecule has 0 saturated carbocycles. The van der Waals surface area contributed by atoms with E-state index in [2.05, 4.69) is 25.5 Å². The number of hydrogen-bond acceptors (Lipinski definition) is 7. The molecule has 188 valence electrons. The monoisotopic (exact) mass is 496 g/mol. The third-order valence-corrected chi connectivity index (χ3v) is 6.93. The molecule has 0 bridgehead atoms. The summed E-state index contributed by atoms with van der Waals surface area (Å²) in [6.07, 6.45) is 9.79. The number of para-hydroxylation sites is 2. The van der Waals surface area contributed by atoms with Crippen LogP contribution in [0.5, 0.6) is 11.5 Å². The van der Waals surface area contributed by atoms with E-state index in [1.165, 1.54) is 12.8 Å². The Hall–Kier alpha value is -4.24. The maximum absolute atomic E-state index is 13.5. The van der Waals surface area contributed by atoms with Gasteiger partial charge < -0.3 is 24.8 Å². The van der Waals surface area contributed by atoms with E-state index in [4.69, 9.17) is 4.74 Å². The number of carbonyl (C=O) groups excluding carboxylic acids is 1. The first-order chi connectivity index (χ1) is 18.2. The first-order valence-corrected chi connectivity index (χ1v) is 12.7. The van der Waals surface area contributed by atoms with Gasteiger partial charge in [0.1, 0.15) is 11.1 Å². The molecular formula is C28H28N6O3. The highest BCUT2D eigenvalue weighted by Gasteiger charge is 2.26. The summed E-state index contributed by atoms with van der Waals surface area (Å²) in [6, 6.07) is 11.2. The molecule has 4 aromatic rings. The fraction of sp³-hybridized carbons (Fsp3) is 0.286. The van der Waals surface area contributed by atoms with Crippen LogP contribution >= 0.6 is 0 Å². The lowest BCUT2D eigenvalue weighted by Crippen LogP contribution is -2.36. The van der Waals surface area contributed by atoms with E-state index in [0.29, 0.717) is 41.9 Å². The molecule has 0 radical (unpaired) electrons. The van der Waals surface area contributed by atoms with Crippen LogP contribution in [0.15, 0.2) is 66.0 Å². The van der Waals surface area contributed by atoms with E-state index in [1.807, 2.05) is 34.9 Å². The number of benzene rings is 2. The van der Waals surface area contributed by atoms with Gasteiger partial charge in [-0.25, -0.2) is 0 Å². The number of fused-ring (bicyclic) bond motifs is 2. The van der Waals surface area contributed by atoms with E-state index in [-0.39, 0.29) is 16.9 Å². The quantitative estimate of drug-likeness (QED) is 0.340. The molecule has 9 heteroatoms. The van der Waals surface area contributed by atoms with Crippen LogP contribution in [-0.4, -0.2) is 58.1 Å². The Balaban J connectivity index is 1.33. The number of pyridine rings is 1. The van der Waals surface area contributed by atoms with E-state index in [9.17, 15) is 9.59 Å². The SMILES string of the molecule is O=C(NCCN1CCCC1)c1cn2c3c(c(NCCc4cnccn4)ccc3c1=O)Oc1ccccc1-2. The minimum atomic E-state index is -0.355. The Kier molecular flexibility index (Phi) is 6.28. The number of nitrogens with one attached hydrogen (secondary N) is 2. The third kappa shape index (κ3) is 4.53. The molecule has 6 rings (SSSR count). The second-order valence-corrected chi connectivity index (χ2v) is 9.33. The second-order valence-electron chi connectivity index (χ2n) is 9.33. The van der Waals surface area contributed by atoms with Crippen LogP contribution in [0.3, 0.4) is 0 Å². The highest BCUT2D eigenvalue weighted by atomic mass is 16.5. The molecule has 4 heterocycles. The number of nitrogens with zero attached hydrogens (tertiary/aromatic N) is 4. The van der Waals surface area contributed by atoms with Crippen LogP contribution in [0.2, 0.25) is 0 Å². The lowest BCUT2D eigenvalue weighted by molar-refractivity contribution is 0.0948. The molecule has 0 unspecified atom stereocenters. The summed E-state index contributed by atoms with van der Waals surface area (Å²) in [7, 11) is 0. The van der Waals surface area contributed by atoms with Crippen molar-refractivity contribution in [2.45, 2.75) is 19.3 Å². The second kappa shape index (κ2) is 10.0. The zero-order valence-corrected chi connectivity index (χ0v) is 20.4. The summed E-state index contributed by atoms with van der Waals surface area (Å²) < 4.78 is 8.20. The number of rotatable bonds is 8. The molecule has 2 aromatic heterocycles. The lowest BCUT2D eigenvalue weighted by atomic mass is 10.1. The van der Waals surface area contributed by atoms with Crippen molar-refractivity contribution >= 4 is 22.5 Å². The van der Waals surface area contributed by atoms with Crippen molar-refractivity contribution in [2.75, 3.05) is 38.0 Å². The molecule has 1 saturated heterocycles. The van der Waals surface area contributed by atoms with Gasteiger partial charge in [-0.05, 0) is 50.2 Å². The van der Waals surface area contributed by atoms with Crippen molar-refractivity contribution in [1.29, 1.82) is 0 Å². The Morgan fingerprint density at radius 3 is 2.76 bits per heavy atom. The van der Waals surface area contributed by atoms with Gasteiger partial charge in [-0.1, -0.05) is 12.1 Å². The van der Waals surface area contributed by atoms with Crippen LogP contribution in [0.4, 0.5) is 5.69 Å². The Morgan fingerprint density at radius 1 is 1.05 bits per heavy atom. The summed E-state index contributed by atoms with van der Waals surface area (Å²) in [6.45, 7) is 4.04. The smallest absolute Gasteiger partial charge is 0.256 e. The summed E-state index contributed by atoms with van der Waals surface area (Å²) in [4.78, 5) is 37.4. The van der Waals surface area contributed by atoms with Gasteiger partial charge in [-0.15, -0.1) is 0 Å². The van der Waals surface area contributed by atoms with Crippen LogP contribution < -0.4 is 20.8 Å². The van der Waals surface area contributed by atoms with Crippen LogP contribution in [0.1, 0.15) is 28.9 Å². The van der Waals surface area contributed by atoms with Crippen molar-refractivity contribution in [3.05, 3.63) is 82.7 Å². The maximum Gasteiger partial charge on any atom is 0.256 e. The fourth-order valence-electron chi connectivity index (χ4n) is 5.05. The molecule has 0 atom stereocenters. The molecule has 2 aromatic carbocycles. The molecule has 1 fully saturated rings. The predicted molar refractivity (Wildman–Crippen MR) is 142 cm³/mol. The Bertz CT molecular complexity index is 1510. The molecule has 2 aliphatic heterocycles. The molecule has 0 spiro atoms. The lowest BCUT2D eigenvalue weighted by Gasteiger charge is -2.26. The highest BCUT2D eigenvalue weighted by molar-refractivity contribution is 6.01. The van der Waals surface area contributed by atoms with Crippen LogP contribution in [0, 0.1) is 0 Å². The predicted octanol–water partition coefficient (Wildman–Crippen LogP) is 3.37. The van der Waals surface area contributed by atoms with Gasteiger partial charge >= 0.3 is 0 Å². The normalized spacial score (nSPS) is 14.3. The van der Waals surface area contributed by atoms with Gasteiger partial charge in [0, 0.05) is 50.8 Å². The van der Waals surface area contributed by atoms with Crippen molar-refractivity contribution in [3.63, 3.8) is 0 Å². The van der Waals surface area contributed by atoms with Gasteiger partial charge in [0.25, 0.3) is 5.91 Å². The van der Waals surface area contributed by atoms with E-state index in [1.54, 1.807) is 30.9 Å². The Labute approximate surface area is 214 Å². The molecule has 37 heavy (non-hydrogen) atoms. The van der Waals surface area contributed by atoms with Crippen molar-refractivity contribution in [3.8, 4) is 17.2 Å². The summed E-state index contributed by atoms with van der Waals surface area (Å²) in [5.41, 5.74) is 2.89. The first kappa shape index (κ1) is 23.2. The largest absolute Gasteiger partial charge is 0.451 e. The fourth-order valence-corrected chi connectivity index (χ4v) is 5.05. The zero-order chi connectivity index (χ0) is 25.2. The minimum Gasteiger partial charge on any atom is -0.451 e. The molecular weight excluding hydrogens is 468 g/mol. The van der Waals surface area contributed by atoms with Gasteiger partial charge in [-0.3, -0.25) is 19.6 Å². The van der Waals surface area contributed by atoms with Gasteiger partial charge in [0.2, 0.25) is 5.43 Å². The number of aromatic nitrogens is 3. The topological polar surface area (TPSA) is 101 Å². The third-order valence-electron chi connectivity index (χ3n) is 6.93. The highest BCUT2D eigenvalue weighted by Crippen LogP contribution is 2.43. The van der Waals surface area contributed by atoms with Crippen LogP contribution in [0.25, 0.3) is 16.6 Å². The van der Waals surface area contributed by atoms with Gasteiger partial charge in [-0.2, -0.15) is 0 Å². The number of likely N-dealkylation sites (tertiary alicyclic amines) is 1. The summed E-state index contributed by atoms with van der Waals surface area (Å²) in [5, 5.41) is 6.80. The minimum absolute atomic E-state index is 0.125. The summed E-state index contributed by atoms with van der Waals surface area (Å²) >= 11 is 0. The van der Waals surface area contributed by atoms with Crippen LogP contribution in [-0.2, 0) is 6.42 Å². The average Bonchev–Trinajstić information content (AvgIpc) is 3.45. The van der Waals surface area contributed by atoms with E-state index in [0.717, 1.165) is 36.7 Å². The molecule has 9 nitrogen and oxygen atoms in total. The molecule has 2 N–H and O–H groups in total. The summed E-state index contributed by atoms with van der Waals surface area (Å²) in [5.74, 6) is 0.864. The van der Waals surface area contributed by atoms with Gasteiger partial charge in [0.15, 0.2) is 11.5 Å². The van der Waals surface area contributed by atoms with E-state index < -0.39 is 0 Å². The molecule has 2 aliphatic rings. The maximum atomic E-state index is 13.5. The number of carbonyl (C=O) groups is 1. The zero-order valence-electron chi connectivity index (χ0n) is 20.4. The van der Waals surface area contributed by atoms with Crippen molar-refractivity contribution in [2.24, 2.45) is 0 Å². The first-order valence-electron chi connectivity index (χ1n) is 12.7. The number of hydrogen-bond donors (Lipinski definition) is 2. The van der Waals surface area contributed by atoms with Gasteiger partial charge in [0.05, 0.1) is 22.5 Å².